The molecule has 3 rings (SSSR count). The molecule has 0 radical (unpaired) electrons. The summed E-state index contributed by atoms with van der Waals surface area (Å²) in [6.45, 7) is 1.33. The average Bonchev–Trinajstić information content (AvgIpc) is 2.53. The maximum atomic E-state index is 13.5. The Kier molecular flexibility index (Phi) is 4.29. The van der Waals surface area contributed by atoms with Crippen LogP contribution < -0.4 is 0 Å². The number of carbonyl (C=O) groups is 1. The molecule has 0 aliphatic carbocycles. The Balaban J connectivity index is 1.86. The summed E-state index contributed by atoms with van der Waals surface area (Å²) >= 11 is 0. The van der Waals surface area contributed by atoms with Crippen molar-refractivity contribution in [1.29, 1.82) is 0 Å². The molecular weight excluding hydrogens is 284 g/mol. The molecule has 1 fully saturated rings. The number of nitrogens with zero attached hydrogens (tertiary/aromatic N) is 1. The van der Waals surface area contributed by atoms with E-state index in [2.05, 4.69) is 4.90 Å². The minimum Gasteiger partial charge on any atom is -0.300 e. The van der Waals surface area contributed by atoms with Gasteiger partial charge in [0.05, 0.1) is 0 Å². The Labute approximate surface area is 128 Å². The first-order valence-electron chi connectivity index (χ1n) is 7.38. The van der Waals surface area contributed by atoms with E-state index in [1.807, 2.05) is 30.3 Å². The molecular formula is C18H17F2NO. The predicted octanol–water partition coefficient (Wildman–Crippen LogP) is 3.87. The van der Waals surface area contributed by atoms with Crippen molar-refractivity contribution in [2.45, 2.75) is 25.4 Å². The summed E-state index contributed by atoms with van der Waals surface area (Å²) in [6, 6.07) is 13.7. The summed E-state index contributed by atoms with van der Waals surface area (Å²) in [7, 11) is 0. The largest absolute Gasteiger partial charge is 0.300 e. The number of Topliss-reactive ketones (excluding diaryl/α,β-unsaturated/α-hetero) is 1. The lowest BCUT2D eigenvalue weighted by Crippen LogP contribution is -2.36. The second-order valence-corrected chi connectivity index (χ2v) is 5.64. The number of ketones is 1. The number of halogens is 2. The molecule has 1 saturated heterocycles. The molecule has 0 unspecified atom stereocenters. The first-order valence-corrected chi connectivity index (χ1v) is 7.38. The molecule has 2 aromatic rings. The molecule has 2 aromatic carbocycles. The van der Waals surface area contributed by atoms with E-state index in [0.717, 1.165) is 11.6 Å². The minimum absolute atomic E-state index is 0.166. The fourth-order valence-corrected chi connectivity index (χ4v) is 2.93. The summed E-state index contributed by atoms with van der Waals surface area (Å²) in [5.41, 5.74) is 1.80. The van der Waals surface area contributed by atoms with Crippen molar-refractivity contribution in [2.75, 3.05) is 6.54 Å². The Morgan fingerprint density at radius 2 is 1.82 bits per heavy atom. The molecule has 1 aliphatic heterocycles. The van der Waals surface area contributed by atoms with E-state index in [1.165, 1.54) is 6.07 Å². The van der Waals surface area contributed by atoms with Gasteiger partial charge in [-0.3, -0.25) is 9.69 Å². The van der Waals surface area contributed by atoms with Crippen LogP contribution in [-0.4, -0.2) is 17.2 Å². The number of hydrogen-bond acceptors (Lipinski definition) is 2. The summed E-state index contributed by atoms with van der Waals surface area (Å²) in [5, 5.41) is 0. The van der Waals surface area contributed by atoms with E-state index in [4.69, 9.17) is 0 Å². The zero-order chi connectivity index (χ0) is 15.5. The van der Waals surface area contributed by atoms with Crippen LogP contribution >= 0.6 is 0 Å². The Hall–Kier alpha value is -2.07. The van der Waals surface area contributed by atoms with Crippen molar-refractivity contribution < 1.29 is 13.6 Å². The molecule has 2 nitrogen and oxygen atoms in total. The Bertz CT molecular complexity index is 672. The van der Waals surface area contributed by atoms with Crippen LogP contribution in [0, 0.1) is 11.6 Å². The fourth-order valence-electron chi connectivity index (χ4n) is 2.93. The van der Waals surface area contributed by atoms with Gasteiger partial charge in [-0.25, -0.2) is 8.78 Å². The summed E-state index contributed by atoms with van der Waals surface area (Å²) in [6.07, 6.45) is 0.852. The quantitative estimate of drug-likeness (QED) is 0.857. The summed E-state index contributed by atoms with van der Waals surface area (Å²) in [4.78, 5) is 14.0. The van der Waals surface area contributed by atoms with Crippen LogP contribution in [-0.2, 0) is 11.3 Å². The van der Waals surface area contributed by atoms with Crippen LogP contribution in [0.4, 0.5) is 8.78 Å². The number of rotatable bonds is 3. The third kappa shape index (κ3) is 3.22. The highest BCUT2D eigenvalue weighted by molar-refractivity contribution is 5.80. The highest BCUT2D eigenvalue weighted by atomic mass is 19.2. The predicted molar refractivity (Wildman–Crippen MR) is 80.2 cm³/mol. The fraction of sp³-hybridized carbons (Fsp3) is 0.278. The van der Waals surface area contributed by atoms with Gasteiger partial charge in [-0.1, -0.05) is 36.4 Å². The molecule has 0 spiro atoms. The van der Waals surface area contributed by atoms with Gasteiger partial charge in [0, 0.05) is 32.0 Å². The lowest BCUT2D eigenvalue weighted by molar-refractivity contribution is -0.123. The first kappa shape index (κ1) is 14.9. The zero-order valence-electron chi connectivity index (χ0n) is 12.1. The van der Waals surface area contributed by atoms with Gasteiger partial charge in [0.25, 0.3) is 0 Å². The smallest absolute Gasteiger partial charge is 0.159 e. The molecule has 22 heavy (non-hydrogen) atoms. The van der Waals surface area contributed by atoms with Crippen molar-refractivity contribution in [3.05, 3.63) is 71.3 Å². The number of likely N-dealkylation sites (tertiary alicyclic amines) is 1. The van der Waals surface area contributed by atoms with E-state index < -0.39 is 11.6 Å². The van der Waals surface area contributed by atoms with Crippen molar-refractivity contribution in [2.24, 2.45) is 0 Å². The van der Waals surface area contributed by atoms with Crippen molar-refractivity contribution >= 4 is 5.78 Å². The Morgan fingerprint density at radius 1 is 1.05 bits per heavy atom. The molecule has 0 bridgehead atoms. The SMILES string of the molecule is O=C1CCN(Cc2ccccc2)[C@H](c2ccc(F)c(F)c2)C1. The molecule has 1 heterocycles. The lowest BCUT2D eigenvalue weighted by Gasteiger charge is -2.35. The molecule has 4 heteroatoms. The van der Waals surface area contributed by atoms with Crippen molar-refractivity contribution in [1.82, 2.24) is 4.90 Å². The van der Waals surface area contributed by atoms with E-state index in [-0.39, 0.29) is 11.8 Å². The molecule has 0 saturated carbocycles. The summed E-state index contributed by atoms with van der Waals surface area (Å²) < 4.78 is 26.6. The minimum atomic E-state index is -0.866. The lowest BCUT2D eigenvalue weighted by atomic mass is 9.93. The van der Waals surface area contributed by atoms with Crippen LogP contribution in [0.1, 0.15) is 30.0 Å². The average molecular weight is 301 g/mol. The summed E-state index contributed by atoms with van der Waals surface area (Å²) in [5.74, 6) is -1.56. The van der Waals surface area contributed by atoms with Crippen molar-refractivity contribution in [3.63, 3.8) is 0 Å². The highest BCUT2D eigenvalue weighted by Crippen LogP contribution is 2.31. The maximum Gasteiger partial charge on any atom is 0.159 e. The third-order valence-electron chi connectivity index (χ3n) is 4.10. The first-order chi connectivity index (χ1) is 10.6. The van der Waals surface area contributed by atoms with E-state index in [1.54, 1.807) is 6.07 Å². The zero-order valence-corrected chi connectivity index (χ0v) is 12.1. The third-order valence-corrected chi connectivity index (χ3v) is 4.10. The second-order valence-electron chi connectivity index (χ2n) is 5.64. The molecule has 114 valence electrons. The van der Waals surface area contributed by atoms with Gasteiger partial charge >= 0.3 is 0 Å². The van der Waals surface area contributed by atoms with Gasteiger partial charge < -0.3 is 0 Å². The normalized spacial score (nSPS) is 19.4. The van der Waals surface area contributed by atoms with Gasteiger partial charge in [0.2, 0.25) is 0 Å². The van der Waals surface area contributed by atoms with Crippen LogP contribution in [0.3, 0.4) is 0 Å². The van der Waals surface area contributed by atoms with Gasteiger partial charge in [0.15, 0.2) is 11.6 Å². The van der Waals surface area contributed by atoms with Crippen LogP contribution in [0.25, 0.3) is 0 Å². The number of piperidine rings is 1. The van der Waals surface area contributed by atoms with Crippen LogP contribution in [0.5, 0.6) is 0 Å². The molecule has 0 aromatic heterocycles. The monoisotopic (exact) mass is 301 g/mol. The Morgan fingerprint density at radius 3 is 2.55 bits per heavy atom. The van der Waals surface area contributed by atoms with E-state index >= 15 is 0 Å². The van der Waals surface area contributed by atoms with Gasteiger partial charge in [-0.05, 0) is 23.3 Å². The number of hydrogen-bond donors (Lipinski definition) is 0. The molecule has 1 atom stereocenters. The van der Waals surface area contributed by atoms with Crippen LogP contribution in [0.2, 0.25) is 0 Å². The molecule has 0 amide bonds. The second kappa shape index (κ2) is 6.36. The number of carbonyl (C=O) groups excluding carboxylic acids is 1. The highest BCUT2D eigenvalue weighted by Gasteiger charge is 2.28. The van der Waals surface area contributed by atoms with Gasteiger partial charge in [-0.2, -0.15) is 0 Å². The molecule has 1 aliphatic rings. The van der Waals surface area contributed by atoms with Gasteiger partial charge in [0.1, 0.15) is 5.78 Å². The van der Waals surface area contributed by atoms with E-state index in [9.17, 15) is 13.6 Å². The number of benzene rings is 2. The van der Waals surface area contributed by atoms with E-state index in [0.29, 0.717) is 31.5 Å². The van der Waals surface area contributed by atoms with Crippen molar-refractivity contribution in [3.8, 4) is 0 Å². The molecule has 0 N–H and O–H groups in total. The topological polar surface area (TPSA) is 20.3 Å². The van der Waals surface area contributed by atoms with Crippen LogP contribution in [0.15, 0.2) is 48.5 Å². The standard InChI is InChI=1S/C18H17F2NO/c19-16-7-6-14(10-17(16)20)18-11-15(22)8-9-21(18)12-13-4-2-1-3-5-13/h1-7,10,18H,8-9,11-12H2/t18-/m0/s1. The maximum absolute atomic E-state index is 13.5. The van der Waals surface area contributed by atoms with Gasteiger partial charge in [-0.15, -0.1) is 0 Å².